The quantitative estimate of drug-likeness (QED) is 0.824. The molecule has 0 aliphatic rings. The molecule has 1 atom stereocenters. The molecule has 1 aromatic heterocycles. The molecule has 0 radical (unpaired) electrons. The van der Waals surface area contributed by atoms with Crippen LogP contribution >= 0.6 is 11.8 Å². The summed E-state index contributed by atoms with van der Waals surface area (Å²) in [6, 6.07) is -1.01. The standard InChI is InChI=1S/C13H19N3O4S/c1-13(2,3)20-12(19)16-10(11(17)18)8-21-7-9-6-14-4-5-15-9/h4-6,10H,7-8H2,1-3H3,(H,16,19)(H,17,18). The molecule has 0 saturated heterocycles. The number of aliphatic carboxylic acids is 1. The molecule has 1 aromatic rings. The zero-order chi connectivity index (χ0) is 15.9. The largest absolute Gasteiger partial charge is 0.480 e. The van der Waals surface area contributed by atoms with Gasteiger partial charge in [-0.15, -0.1) is 0 Å². The highest BCUT2D eigenvalue weighted by Gasteiger charge is 2.23. The third-order valence-corrected chi connectivity index (χ3v) is 3.21. The normalized spacial score (nSPS) is 12.5. The molecule has 0 saturated carbocycles. The van der Waals surface area contributed by atoms with E-state index in [1.807, 2.05) is 0 Å². The highest BCUT2D eigenvalue weighted by Crippen LogP contribution is 2.11. The third kappa shape index (κ3) is 7.50. The van der Waals surface area contributed by atoms with E-state index in [1.165, 1.54) is 11.8 Å². The first-order chi connectivity index (χ1) is 9.78. The van der Waals surface area contributed by atoms with Gasteiger partial charge in [-0.2, -0.15) is 11.8 Å². The molecule has 1 heterocycles. The summed E-state index contributed by atoms with van der Waals surface area (Å²) in [6.45, 7) is 5.14. The van der Waals surface area contributed by atoms with Crippen LogP contribution in [0.25, 0.3) is 0 Å². The van der Waals surface area contributed by atoms with Gasteiger partial charge in [0.25, 0.3) is 0 Å². The first-order valence-corrected chi connectivity index (χ1v) is 7.48. The maximum atomic E-state index is 11.6. The lowest BCUT2D eigenvalue weighted by molar-refractivity contribution is -0.138. The molecule has 0 spiro atoms. The molecule has 21 heavy (non-hydrogen) atoms. The van der Waals surface area contributed by atoms with Crippen LogP contribution in [0.5, 0.6) is 0 Å². The SMILES string of the molecule is CC(C)(C)OC(=O)NC(CSCc1cnccn1)C(=O)O. The molecule has 1 rings (SSSR count). The summed E-state index contributed by atoms with van der Waals surface area (Å²) in [4.78, 5) is 30.7. The molecule has 116 valence electrons. The summed E-state index contributed by atoms with van der Waals surface area (Å²) >= 11 is 1.35. The number of nitrogens with one attached hydrogen (secondary N) is 1. The molecule has 0 bridgehead atoms. The fraction of sp³-hybridized carbons (Fsp3) is 0.538. The van der Waals surface area contributed by atoms with Gasteiger partial charge in [-0.3, -0.25) is 9.97 Å². The number of hydrogen-bond donors (Lipinski definition) is 2. The topological polar surface area (TPSA) is 101 Å². The summed E-state index contributed by atoms with van der Waals surface area (Å²) in [5.74, 6) is -0.369. The van der Waals surface area contributed by atoms with E-state index in [9.17, 15) is 9.59 Å². The van der Waals surface area contributed by atoms with E-state index >= 15 is 0 Å². The van der Waals surface area contributed by atoms with Gasteiger partial charge >= 0.3 is 12.1 Å². The minimum absolute atomic E-state index is 0.213. The van der Waals surface area contributed by atoms with Crippen molar-refractivity contribution in [2.45, 2.75) is 38.2 Å². The zero-order valence-corrected chi connectivity index (χ0v) is 13.0. The average molecular weight is 313 g/mol. The number of hydrogen-bond acceptors (Lipinski definition) is 6. The highest BCUT2D eigenvalue weighted by molar-refractivity contribution is 7.98. The third-order valence-electron chi connectivity index (χ3n) is 2.14. The van der Waals surface area contributed by atoms with Gasteiger partial charge in [0.15, 0.2) is 0 Å². The van der Waals surface area contributed by atoms with Crippen LogP contribution in [-0.2, 0) is 15.3 Å². The maximum Gasteiger partial charge on any atom is 0.408 e. The predicted octanol–water partition coefficient (Wildman–Crippen LogP) is 1.69. The van der Waals surface area contributed by atoms with Crippen LogP contribution < -0.4 is 5.32 Å². The van der Waals surface area contributed by atoms with Crippen LogP contribution in [0.2, 0.25) is 0 Å². The number of alkyl carbamates (subject to hydrolysis) is 1. The minimum Gasteiger partial charge on any atom is -0.480 e. The Hall–Kier alpha value is -1.83. The van der Waals surface area contributed by atoms with Crippen molar-refractivity contribution in [1.29, 1.82) is 0 Å². The minimum atomic E-state index is -1.10. The molecular weight excluding hydrogens is 294 g/mol. The van der Waals surface area contributed by atoms with E-state index in [4.69, 9.17) is 9.84 Å². The van der Waals surface area contributed by atoms with E-state index in [0.29, 0.717) is 5.75 Å². The fourth-order valence-electron chi connectivity index (χ4n) is 1.31. The Kier molecular flexibility index (Phi) is 6.41. The highest BCUT2D eigenvalue weighted by atomic mass is 32.2. The molecule has 0 aliphatic carbocycles. The molecule has 7 nitrogen and oxygen atoms in total. The number of aromatic nitrogens is 2. The first kappa shape index (κ1) is 17.2. The van der Waals surface area contributed by atoms with Crippen molar-refractivity contribution in [1.82, 2.24) is 15.3 Å². The van der Waals surface area contributed by atoms with E-state index < -0.39 is 23.7 Å². The summed E-state index contributed by atoms with van der Waals surface area (Å²) in [7, 11) is 0. The number of rotatable bonds is 6. The number of amides is 1. The number of carboxylic acids is 1. The fourth-order valence-corrected chi connectivity index (χ4v) is 2.25. The van der Waals surface area contributed by atoms with Crippen molar-refractivity contribution in [3.05, 3.63) is 24.3 Å². The number of ether oxygens (including phenoxy) is 1. The second-order valence-electron chi connectivity index (χ2n) is 5.25. The Labute approximate surface area is 127 Å². The Morgan fingerprint density at radius 1 is 1.43 bits per heavy atom. The van der Waals surface area contributed by atoms with E-state index in [-0.39, 0.29) is 5.75 Å². The first-order valence-electron chi connectivity index (χ1n) is 6.33. The van der Waals surface area contributed by atoms with Crippen LogP contribution in [0.1, 0.15) is 26.5 Å². The van der Waals surface area contributed by atoms with Crippen LogP contribution in [-0.4, -0.2) is 44.5 Å². The molecular formula is C13H19N3O4S. The molecule has 1 unspecified atom stereocenters. The van der Waals surface area contributed by atoms with Crippen molar-refractivity contribution < 1.29 is 19.4 Å². The average Bonchev–Trinajstić information content (AvgIpc) is 2.36. The maximum absolute atomic E-state index is 11.6. The molecule has 0 aliphatic heterocycles. The number of carboxylic acid groups (broad SMARTS) is 1. The lowest BCUT2D eigenvalue weighted by Crippen LogP contribution is -2.44. The van der Waals surface area contributed by atoms with Crippen molar-refractivity contribution in [2.75, 3.05) is 5.75 Å². The molecule has 2 N–H and O–H groups in total. The second-order valence-corrected chi connectivity index (χ2v) is 6.28. The van der Waals surface area contributed by atoms with Gasteiger partial charge < -0.3 is 15.2 Å². The van der Waals surface area contributed by atoms with Gasteiger partial charge in [0.1, 0.15) is 11.6 Å². The lowest BCUT2D eigenvalue weighted by atomic mass is 10.2. The van der Waals surface area contributed by atoms with Crippen molar-refractivity contribution in [3.8, 4) is 0 Å². The summed E-state index contributed by atoms with van der Waals surface area (Å²) in [6.07, 6.45) is 4.02. The molecule has 0 fully saturated rings. The Morgan fingerprint density at radius 3 is 2.67 bits per heavy atom. The van der Waals surface area contributed by atoms with E-state index in [2.05, 4.69) is 15.3 Å². The molecule has 0 aromatic carbocycles. The van der Waals surface area contributed by atoms with Gasteiger partial charge in [-0.05, 0) is 20.8 Å². The molecule has 8 heteroatoms. The van der Waals surface area contributed by atoms with Crippen molar-refractivity contribution in [3.63, 3.8) is 0 Å². The smallest absolute Gasteiger partial charge is 0.408 e. The Morgan fingerprint density at radius 2 is 2.14 bits per heavy atom. The Balaban J connectivity index is 2.43. The van der Waals surface area contributed by atoms with Crippen LogP contribution in [0.4, 0.5) is 4.79 Å². The van der Waals surface area contributed by atoms with Crippen molar-refractivity contribution in [2.24, 2.45) is 0 Å². The van der Waals surface area contributed by atoms with Crippen LogP contribution in [0.3, 0.4) is 0 Å². The number of nitrogens with zero attached hydrogens (tertiary/aromatic N) is 2. The van der Waals surface area contributed by atoms with Gasteiger partial charge in [0.2, 0.25) is 0 Å². The van der Waals surface area contributed by atoms with E-state index in [0.717, 1.165) is 5.69 Å². The number of carbonyl (C=O) groups excluding carboxylic acids is 1. The van der Waals surface area contributed by atoms with Gasteiger partial charge in [0, 0.05) is 30.1 Å². The van der Waals surface area contributed by atoms with Gasteiger partial charge in [-0.1, -0.05) is 0 Å². The summed E-state index contributed by atoms with van der Waals surface area (Å²) in [5, 5.41) is 11.4. The van der Waals surface area contributed by atoms with Crippen molar-refractivity contribution >= 4 is 23.8 Å². The summed E-state index contributed by atoms with van der Waals surface area (Å²) in [5.41, 5.74) is 0.0869. The number of thioether (sulfide) groups is 1. The van der Waals surface area contributed by atoms with E-state index in [1.54, 1.807) is 39.4 Å². The molecule has 1 amide bonds. The summed E-state index contributed by atoms with van der Waals surface area (Å²) < 4.78 is 5.04. The zero-order valence-electron chi connectivity index (χ0n) is 12.2. The van der Waals surface area contributed by atoms with Crippen LogP contribution in [0, 0.1) is 0 Å². The monoisotopic (exact) mass is 313 g/mol. The predicted molar refractivity (Wildman–Crippen MR) is 79.0 cm³/mol. The lowest BCUT2D eigenvalue weighted by Gasteiger charge is -2.21. The van der Waals surface area contributed by atoms with Gasteiger partial charge in [-0.25, -0.2) is 9.59 Å². The second kappa shape index (κ2) is 7.82. The van der Waals surface area contributed by atoms with Gasteiger partial charge in [0.05, 0.1) is 5.69 Å². The van der Waals surface area contributed by atoms with Crippen LogP contribution in [0.15, 0.2) is 18.6 Å². The Bertz CT molecular complexity index is 476. The number of carbonyl (C=O) groups is 2.